The van der Waals surface area contributed by atoms with Crippen LogP contribution < -0.4 is 5.32 Å². The van der Waals surface area contributed by atoms with Gasteiger partial charge >= 0.3 is 0 Å². The molecule has 2 heterocycles. The van der Waals surface area contributed by atoms with Crippen molar-refractivity contribution in [1.82, 2.24) is 19.7 Å². The number of aromatic nitrogens is 4. The van der Waals surface area contributed by atoms with Gasteiger partial charge in [0, 0.05) is 17.7 Å². The predicted octanol–water partition coefficient (Wildman–Crippen LogP) is 2.81. The highest BCUT2D eigenvalue weighted by Crippen LogP contribution is 2.44. The minimum Gasteiger partial charge on any atom is -0.363 e. The Morgan fingerprint density at radius 2 is 2.05 bits per heavy atom. The predicted molar refractivity (Wildman–Crippen MR) is 76.6 cm³/mol. The van der Waals surface area contributed by atoms with Gasteiger partial charge in [-0.25, -0.2) is 4.98 Å². The maximum absolute atomic E-state index is 4.46. The summed E-state index contributed by atoms with van der Waals surface area (Å²) in [5, 5.41) is 12.2. The van der Waals surface area contributed by atoms with Crippen molar-refractivity contribution in [2.45, 2.75) is 51.1 Å². The van der Waals surface area contributed by atoms with Crippen LogP contribution in [0.3, 0.4) is 0 Å². The van der Waals surface area contributed by atoms with Crippen molar-refractivity contribution in [2.24, 2.45) is 0 Å². The number of anilines is 1. The molecule has 0 saturated heterocycles. The molecule has 0 amide bonds. The summed E-state index contributed by atoms with van der Waals surface area (Å²) in [6.07, 6.45) is 5.09. The van der Waals surface area contributed by atoms with Crippen molar-refractivity contribution in [3.63, 3.8) is 0 Å². The van der Waals surface area contributed by atoms with E-state index >= 15 is 0 Å². The van der Waals surface area contributed by atoms with Crippen LogP contribution in [0.2, 0.25) is 0 Å². The molecule has 104 valence electrons. The van der Waals surface area contributed by atoms with Crippen LogP contribution >= 0.6 is 0 Å². The van der Waals surface area contributed by atoms with Gasteiger partial charge in [-0.15, -0.1) is 10.2 Å². The second-order valence-corrected chi connectivity index (χ2v) is 5.87. The summed E-state index contributed by atoms with van der Waals surface area (Å²) in [5.74, 6) is 3.83. The van der Waals surface area contributed by atoms with Gasteiger partial charge in [-0.3, -0.25) is 0 Å². The summed E-state index contributed by atoms with van der Waals surface area (Å²) in [6, 6.07) is 6.66. The standard InChI is InChI=1S/C15H19N5/c1-10-3-2-4-13(17-10)16-9-14-18-19-15(11-5-6-11)20(14)12-7-8-12/h2-4,11-12H,5-9H2,1H3,(H,16,17). The fourth-order valence-electron chi connectivity index (χ4n) is 2.62. The molecule has 0 atom stereocenters. The van der Waals surface area contributed by atoms with Gasteiger partial charge in [0.15, 0.2) is 5.82 Å². The summed E-state index contributed by atoms with van der Waals surface area (Å²) in [6.45, 7) is 2.70. The summed E-state index contributed by atoms with van der Waals surface area (Å²) in [5.41, 5.74) is 1.03. The van der Waals surface area contributed by atoms with Crippen LogP contribution in [0.5, 0.6) is 0 Å². The molecular weight excluding hydrogens is 250 g/mol. The van der Waals surface area contributed by atoms with Crippen molar-refractivity contribution >= 4 is 5.82 Å². The Kier molecular flexibility index (Phi) is 2.72. The van der Waals surface area contributed by atoms with Gasteiger partial charge in [-0.2, -0.15) is 0 Å². The van der Waals surface area contributed by atoms with Crippen molar-refractivity contribution in [3.05, 3.63) is 35.5 Å². The smallest absolute Gasteiger partial charge is 0.152 e. The van der Waals surface area contributed by atoms with Crippen molar-refractivity contribution in [2.75, 3.05) is 5.32 Å². The van der Waals surface area contributed by atoms with Gasteiger partial charge in [0.25, 0.3) is 0 Å². The van der Waals surface area contributed by atoms with E-state index in [9.17, 15) is 0 Å². The lowest BCUT2D eigenvalue weighted by Crippen LogP contribution is -2.10. The number of rotatable bonds is 5. The Labute approximate surface area is 118 Å². The highest BCUT2D eigenvalue weighted by molar-refractivity contribution is 5.35. The van der Waals surface area contributed by atoms with Gasteiger partial charge < -0.3 is 9.88 Å². The summed E-state index contributed by atoms with van der Waals surface area (Å²) < 4.78 is 2.38. The second-order valence-electron chi connectivity index (χ2n) is 5.87. The molecule has 0 aliphatic heterocycles. The molecule has 2 aliphatic carbocycles. The van der Waals surface area contributed by atoms with Crippen LogP contribution in [0.25, 0.3) is 0 Å². The van der Waals surface area contributed by atoms with Crippen molar-refractivity contribution in [1.29, 1.82) is 0 Å². The van der Waals surface area contributed by atoms with Crippen LogP contribution in [0.1, 0.15) is 55.0 Å². The van der Waals surface area contributed by atoms with E-state index in [1.54, 1.807) is 0 Å². The molecule has 1 N–H and O–H groups in total. The molecule has 5 heteroatoms. The number of pyridine rings is 1. The van der Waals surface area contributed by atoms with Gasteiger partial charge in [0.1, 0.15) is 11.6 Å². The SMILES string of the molecule is Cc1cccc(NCc2nnc(C3CC3)n2C2CC2)n1. The second kappa shape index (κ2) is 4.58. The van der Waals surface area contributed by atoms with E-state index in [-0.39, 0.29) is 0 Å². The molecule has 5 nitrogen and oxygen atoms in total. The molecule has 0 unspecified atom stereocenters. The molecule has 0 spiro atoms. The third kappa shape index (κ3) is 2.28. The maximum Gasteiger partial charge on any atom is 0.152 e. The number of nitrogens with zero attached hydrogens (tertiary/aromatic N) is 4. The third-order valence-electron chi connectivity index (χ3n) is 3.96. The van der Waals surface area contributed by atoms with E-state index in [1.807, 2.05) is 25.1 Å². The number of hydrogen-bond donors (Lipinski definition) is 1. The van der Waals surface area contributed by atoms with E-state index in [4.69, 9.17) is 0 Å². The lowest BCUT2D eigenvalue weighted by atomic mass is 10.3. The highest BCUT2D eigenvalue weighted by atomic mass is 15.3. The van der Waals surface area contributed by atoms with E-state index in [1.165, 1.54) is 31.5 Å². The zero-order chi connectivity index (χ0) is 13.5. The molecule has 2 saturated carbocycles. The molecule has 0 aromatic carbocycles. The number of hydrogen-bond acceptors (Lipinski definition) is 4. The Balaban J connectivity index is 1.53. The van der Waals surface area contributed by atoms with Gasteiger partial charge in [-0.1, -0.05) is 6.07 Å². The van der Waals surface area contributed by atoms with E-state index in [2.05, 4.69) is 25.1 Å². The third-order valence-corrected chi connectivity index (χ3v) is 3.96. The Morgan fingerprint density at radius 1 is 1.20 bits per heavy atom. The molecular formula is C15H19N5. The Hall–Kier alpha value is -1.91. The highest BCUT2D eigenvalue weighted by Gasteiger charge is 2.36. The first-order valence-electron chi connectivity index (χ1n) is 7.42. The Bertz CT molecular complexity index is 625. The maximum atomic E-state index is 4.46. The van der Waals surface area contributed by atoms with E-state index in [0.717, 1.165) is 17.3 Å². The number of aryl methyl sites for hydroxylation is 1. The molecule has 2 aromatic heterocycles. The van der Waals surface area contributed by atoms with Gasteiger partial charge in [0.05, 0.1) is 6.54 Å². The molecule has 0 radical (unpaired) electrons. The normalized spacial score (nSPS) is 18.2. The zero-order valence-electron chi connectivity index (χ0n) is 11.7. The van der Waals surface area contributed by atoms with Crippen molar-refractivity contribution < 1.29 is 0 Å². The van der Waals surface area contributed by atoms with Crippen LogP contribution in [-0.2, 0) is 6.54 Å². The van der Waals surface area contributed by atoms with Crippen LogP contribution in [-0.4, -0.2) is 19.7 Å². The van der Waals surface area contributed by atoms with Crippen LogP contribution in [0.15, 0.2) is 18.2 Å². The Morgan fingerprint density at radius 3 is 2.75 bits per heavy atom. The molecule has 0 bridgehead atoms. The van der Waals surface area contributed by atoms with Crippen LogP contribution in [0, 0.1) is 6.92 Å². The quantitative estimate of drug-likeness (QED) is 0.906. The molecule has 4 rings (SSSR count). The van der Waals surface area contributed by atoms with Gasteiger partial charge in [-0.05, 0) is 44.7 Å². The van der Waals surface area contributed by atoms with Crippen molar-refractivity contribution in [3.8, 4) is 0 Å². The fourth-order valence-corrected chi connectivity index (χ4v) is 2.62. The van der Waals surface area contributed by atoms with E-state index < -0.39 is 0 Å². The first-order valence-corrected chi connectivity index (χ1v) is 7.42. The summed E-state index contributed by atoms with van der Waals surface area (Å²) in [4.78, 5) is 4.46. The average molecular weight is 269 g/mol. The van der Waals surface area contributed by atoms with E-state index in [0.29, 0.717) is 18.5 Å². The molecule has 20 heavy (non-hydrogen) atoms. The monoisotopic (exact) mass is 269 g/mol. The molecule has 2 aliphatic rings. The fraction of sp³-hybridized carbons (Fsp3) is 0.533. The lowest BCUT2D eigenvalue weighted by Gasteiger charge is -2.10. The topological polar surface area (TPSA) is 55.6 Å². The summed E-state index contributed by atoms with van der Waals surface area (Å²) in [7, 11) is 0. The summed E-state index contributed by atoms with van der Waals surface area (Å²) >= 11 is 0. The largest absolute Gasteiger partial charge is 0.363 e. The van der Waals surface area contributed by atoms with Crippen LogP contribution in [0.4, 0.5) is 5.82 Å². The lowest BCUT2D eigenvalue weighted by molar-refractivity contribution is 0.650. The van der Waals surface area contributed by atoms with Gasteiger partial charge in [0.2, 0.25) is 0 Å². The molecule has 2 fully saturated rings. The average Bonchev–Trinajstić information content (AvgIpc) is 3.35. The first kappa shape index (κ1) is 11.9. The zero-order valence-corrected chi connectivity index (χ0v) is 11.7. The molecule has 2 aromatic rings. The first-order chi connectivity index (χ1) is 9.81. The minimum absolute atomic E-state index is 0.642. The number of nitrogens with one attached hydrogen (secondary N) is 1. The minimum atomic E-state index is 0.642.